The van der Waals surface area contributed by atoms with Gasteiger partial charge in [-0.05, 0) is 17.7 Å². The monoisotopic (exact) mass is 435 g/mol. The van der Waals surface area contributed by atoms with E-state index in [1.54, 1.807) is 12.1 Å². The Hall–Kier alpha value is -1.67. The molecule has 0 bridgehead atoms. The van der Waals surface area contributed by atoms with Crippen LogP contribution in [0.2, 0.25) is 4.34 Å². The molecule has 5 nitrogen and oxygen atoms in total. The zero-order valence-electron chi connectivity index (χ0n) is 16.2. The Morgan fingerprint density at radius 2 is 1.96 bits per heavy atom. The van der Waals surface area contributed by atoms with E-state index in [0.717, 1.165) is 17.4 Å². The molecule has 0 aliphatic carbocycles. The number of thiophene rings is 1. The number of rotatable bonds is 9. The van der Waals surface area contributed by atoms with Crippen LogP contribution in [-0.4, -0.2) is 40.4 Å². The van der Waals surface area contributed by atoms with Gasteiger partial charge in [-0.1, -0.05) is 60.6 Å². The number of nitrogens with zero attached hydrogens (tertiary/aromatic N) is 3. The number of nitrogens with one attached hydrogen (secondary N) is 1. The number of hydrogen-bond donors (Lipinski definition) is 1. The van der Waals surface area contributed by atoms with E-state index in [9.17, 15) is 4.79 Å². The van der Waals surface area contributed by atoms with E-state index >= 15 is 0 Å². The van der Waals surface area contributed by atoms with Crippen molar-refractivity contribution in [3.8, 4) is 0 Å². The number of carbonyl (C=O) groups excluding carboxylic acids is 1. The molecule has 28 heavy (non-hydrogen) atoms. The fourth-order valence-corrected chi connectivity index (χ4v) is 4.99. The minimum atomic E-state index is 0.0583. The minimum absolute atomic E-state index is 0.0583. The van der Waals surface area contributed by atoms with Crippen molar-refractivity contribution in [3.05, 3.63) is 63.1 Å². The molecule has 0 fully saturated rings. The fourth-order valence-electron chi connectivity index (χ4n) is 3.09. The third-order valence-electron chi connectivity index (χ3n) is 4.53. The van der Waals surface area contributed by atoms with Crippen LogP contribution in [0.3, 0.4) is 0 Å². The van der Waals surface area contributed by atoms with Gasteiger partial charge >= 0.3 is 0 Å². The van der Waals surface area contributed by atoms with Gasteiger partial charge in [-0.2, -0.15) is 0 Å². The van der Waals surface area contributed by atoms with Crippen LogP contribution in [0, 0.1) is 0 Å². The molecule has 148 valence electrons. The van der Waals surface area contributed by atoms with Crippen LogP contribution in [0.1, 0.15) is 40.4 Å². The highest BCUT2D eigenvalue weighted by Crippen LogP contribution is 2.26. The third kappa shape index (κ3) is 5.03. The molecule has 0 spiro atoms. The second-order valence-electron chi connectivity index (χ2n) is 6.77. The van der Waals surface area contributed by atoms with Crippen LogP contribution in [0.4, 0.5) is 0 Å². The topological polar surface area (TPSA) is 52.2 Å². The predicted molar refractivity (Wildman–Crippen MR) is 116 cm³/mol. The lowest BCUT2D eigenvalue weighted by atomic mass is 10.2. The lowest BCUT2D eigenvalue weighted by Gasteiger charge is -2.20. The average Bonchev–Trinajstić information content (AvgIpc) is 3.28. The first-order valence-corrected chi connectivity index (χ1v) is 11.4. The standard InChI is InChI=1S/C20H23ClN4OS2/c1-4-15(24(2)3)19-22-23-20(25(19)12-14-8-6-5-7-9-14)27-13-16(26)17-10-11-18(21)28-17/h5-11,15H,4,12-13H2,1-3H3/p+1/t15-/m0/s1. The Kier molecular flexibility index (Phi) is 7.29. The molecule has 3 rings (SSSR count). The molecule has 3 aromatic rings. The van der Waals surface area contributed by atoms with E-state index in [0.29, 0.717) is 21.5 Å². The number of hydrogen-bond acceptors (Lipinski definition) is 5. The van der Waals surface area contributed by atoms with Crippen molar-refractivity contribution in [2.45, 2.75) is 31.1 Å². The van der Waals surface area contributed by atoms with Crippen LogP contribution in [0.5, 0.6) is 0 Å². The van der Waals surface area contributed by atoms with Crippen LogP contribution < -0.4 is 4.90 Å². The van der Waals surface area contributed by atoms with Crippen molar-refractivity contribution in [3.63, 3.8) is 0 Å². The fraction of sp³-hybridized carbons (Fsp3) is 0.350. The van der Waals surface area contributed by atoms with Crippen molar-refractivity contribution < 1.29 is 9.69 Å². The Balaban J connectivity index is 1.85. The Labute approximate surface area is 178 Å². The largest absolute Gasteiger partial charge is 0.331 e. The molecule has 0 saturated carbocycles. The van der Waals surface area contributed by atoms with Gasteiger partial charge in [0.15, 0.2) is 16.8 Å². The maximum Gasteiger partial charge on any atom is 0.192 e. The molecule has 0 aliphatic heterocycles. The van der Waals surface area contributed by atoms with Gasteiger partial charge in [0, 0.05) is 6.42 Å². The molecule has 0 aliphatic rings. The molecule has 2 heterocycles. The molecule has 1 aromatic carbocycles. The summed E-state index contributed by atoms with van der Waals surface area (Å²) in [5, 5.41) is 9.70. The maximum atomic E-state index is 12.5. The molecular formula is C20H24ClN4OS2+. The zero-order valence-corrected chi connectivity index (χ0v) is 18.6. The van der Waals surface area contributed by atoms with Gasteiger partial charge in [-0.25, -0.2) is 0 Å². The predicted octanol–water partition coefficient (Wildman–Crippen LogP) is 3.61. The van der Waals surface area contributed by atoms with Crippen molar-refractivity contribution in [1.29, 1.82) is 0 Å². The third-order valence-corrected chi connectivity index (χ3v) is 6.77. The van der Waals surface area contributed by atoms with Gasteiger partial charge in [0.2, 0.25) is 0 Å². The van der Waals surface area contributed by atoms with Crippen LogP contribution >= 0.6 is 34.7 Å². The molecule has 2 aromatic heterocycles. The number of quaternary nitrogens is 1. The lowest BCUT2D eigenvalue weighted by Crippen LogP contribution is -3.06. The van der Waals surface area contributed by atoms with Crippen LogP contribution in [-0.2, 0) is 6.54 Å². The van der Waals surface area contributed by atoms with Crippen molar-refractivity contribution in [2.24, 2.45) is 0 Å². The Morgan fingerprint density at radius 1 is 1.21 bits per heavy atom. The Morgan fingerprint density at radius 3 is 2.57 bits per heavy atom. The molecular weight excluding hydrogens is 412 g/mol. The van der Waals surface area contributed by atoms with E-state index in [1.807, 2.05) is 18.2 Å². The van der Waals surface area contributed by atoms with Gasteiger partial charge in [0.05, 0.1) is 35.6 Å². The number of aromatic nitrogens is 3. The molecule has 1 N–H and O–H groups in total. The van der Waals surface area contributed by atoms with Crippen molar-refractivity contribution >= 4 is 40.5 Å². The molecule has 0 saturated heterocycles. The number of carbonyl (C=O) groups is 1. The summed E-state index contributed by atoms with van der Waals surface area (Å²) >= 11 is 8.70. The minimum Gasteiger partial charge on any atom is -0.331 e. The summed E-state index contributed by atoms with van der Waals surface area (Å²) in [7, 11) is 4.26. The molecule has 8 heteroatoms. The zero-order chi connectivity index (χ0) is 20.1. The summed E-state index contributed by atoms with van der Waals surface area (Å²) in [6.45, 7) is 2.85. The SMILES string of the molecule is CC[C@@H](c1nnc(SCC(=O)c2ccc(Cl)s2)n1Cc1ccccc1)[NH+](C)C. The first kappa shape index (κ1) is 21.0. The summed E-state index contributed by atoms with van der Waals surface area (Å²) in [6.07, 6.45) is 0.965. The second-order valence-corrected chi connectivity index (χ2v) is 9.42. The van der Waals surface area contributed by atoms with Crippen LogP contribution in [0.25, 0.3) is 0 Å². The Bertz CT molecular complexity index is 923. The van der Waals surface area contributed by atoms with Crippen molar-refractivity contribution in [1.82, 2.24) is 14.8 Å². The maximum absolute atomic E-state index is 12.5. The van der Waals surface area contributed by atoms with Crippen molar-refractivity contribution in [2.75, 3.05) is 19.8 Å². The van der Waals surface area contributed by atoms with Gasteiger partial charge in [0.1, 0.15) is 6.04 Å². The van der Waals surface area contributed by atoms with Crippen LogP contribution in [0.15, 0.2) is 47.6 Å². The van der Waals surface area contributed by atoms with Gasteiger partial charge in [-0.15, -0.1) is 21.5 Å². The van der Waals surface area contributed by atoms with E-state index < -0.39 is 0 Å². The highest BCUT2D eigenvalue weighted by molar-refractivity contribution is 7.99. The molecule has 0 unspecified atom stereocenters. The molecule has 0 amide bonds. The van der Waals surface area contributed by atoms with Gasteiger partial charge < -0.3 is 4.90 Å². The molecule has 0 radical (unpaired) electrons. The summed E-state index contributed by atoms with van der Waals surface area (Å²) < 4.78 is 2.78. The number of thioether (sulfide) groups is 1. The highest BCUT2D eigenvalue weighted by atomic mass is 35.5. The normalized spacial score (nSPS) is 12.5. The first-order chi connectivity index (χ1) is 13.5. The summed E-state index contributed by atoms with van der Waals surface area (Å²) in [6, 6.07) is 14.0. The lowest BCUT2D eigenvalue weighted by molar-refractivity contribution is -0.893. The van der Waals surface area contributed by atoms with Gasteiger partial charge in [0.25, 0.3) is 0 Å². The van der Waals surface area contributed by atoms with E-state index in [2.05, 4.69) is 47.9 Å². The second kappa shape index (κ2) is 9.69. The quantitative estimate of drug-likeness (QED) is 0.412. The number of ketones is 1. The first-order valence-electron chi connectivity index (χ1n) is 9.18. The van der Waals surface area contributed by atoms with E-state index in [1.165, 1.54) is 33.6 Å². The highest BCUT2D eigenvalue weighted by Gasteiger charge is 2.25. The number of Topliss-reactive ketones (excluding diaryl/α,β-unsaturated/α-hetero) is 1. The number of benzene rings is 1. The summed E-state index contributed by atoms with van der Waals surface area (Å²) in [4.78, 5) is 14.5. The summed E-state index contributed by atoms with van der Waals surface area (Å²) in [5.41, 5.74) is 1.19. The van der Waals surface area contributed by atoms with E-state index in [-0.39, 0.29) is 11.8 Å². The molecule has 1 atom stereocenters. The summed E-state index contributed by atoms with van der Waals surface area (Å²) in [5.74, 6) is 1.33. The van der Waals surface area contributed by atoms with Gasteiger partial charge in [-0.3, -0.25) is 9.36 Å². The smallest absolute Gasteiger partial charge is 0.192 e. The average molecular weight is 436 g/mol. The number of halogens is 1. The van der Waals surface area contributed by atoms with E-state index in [4.69, 9.17) is 11.6 Å².